The molecule has 2 aliphatic carbocycles. The van der Waals surface area contributed by atoms with Crippen LogP contribution in [-0.4, -0.2) is 49.0 Å². The molecule has 0 amide bonds. The number of rotatable bonds is 0. The van der Waals surface area contributed by atoms with E-state index in [2.05, 4.69) is 19.9 Å². The molecular formula is C26H22N4O6S. The summed E-state index contributed by atoms with van der Waals surface area (Å²) in [5.41, 5.74) is 5.56. The lowest BCUT2D eigenvalue weighted by Gasteiger charge is -2.13. The Morgan fingerprint density at radius 2 is 0.919 bits per heavy atom. The van der Waals surface area contributed by atoms with E-state index in [0.717, 1.165) is 22.1 Å². The lowest BCUT2D eigenvalue weighted by molar-refractivity contribution is 0.0939. The van der Waals surface area contributed by atoms with Gasteiger partial charge in [0, 0.05) is 11.8 Å². The number of carbonyl (C=O) groups excluding carboxylic acids is 2. The number of benzene rings is 2. The van der Waals surface area contributed by atoms with E-state index < -0.39 is 10.4 Å². The lowest BCUT2D eigenvalue weighted by atomic mass is 9.96. The van der Waals surface area contributed by atoms with Crippen LogP contribution >= 0.6 is 0 Å². The van der Waals surface area contributed by atoms with Crippen LogP contribution in [-0.2, 0) is 10.4 Å². The van der Waals surface area contributed by atoms with Crippen LogP contribution in [0.5, 0.6) is 0 Å². The van der Waals surface area contributed by atoms with Crippen LogP contribution < -0.4 is 0 Å². The molecule has 2 aliphatic rings. The molecule has 0 radical (unpaired) electrons. The highest BCUT2D eigenvalue weighted by Crippen LogP contribution is 2.23. The fraction of sp³-hybridized carbons (Fsp3) is 0.154. The quantitative estimate of drug-likeness (QED) is 0.321. The first-order valence-electron chi connectivity index (χ1n) is 11.2. The predicted molar refractivity (Wildman–Crippen MR) is 138 cm³/mol. The van der Waals surface area contributed by atoms with Gasteiger partial charge in [-0.25, -0.2) is 19.9 Å². The first-order chi connectivity index (χ1) is 17.5. The Morgan fingerprint density at radius 1 is 0.622 bits per heavy atom. The highest BCUT2D eigenvalue weighted by molar-refractivity contribution is 7.79. The van der Waals surface area contributed by atoms with E-state index in [-0.39, 0.29) is 23.4 Å². The van der Waals surface area contributed by atoms with Gasteiger partial charge in [-0.05, 0) is 36.4 Å². The molecule has 0 aliphatic heterocycles. The van der Waals surface area contributed by atoms with Crippen LogP contribution in [0.1, 0.15) is 46.2 Å². The van der Waals surface area contributed by atoms with E-state index in [1.54, 1.807) is 0 Å². The second kappa shape index (κ2) is 10.4. The van der Waals surface area contributed by atoms with Crippen LogP contribution in [0, 0.1) is 11.8 Å². The highest BCUT2D eigenvalue weighted by Gasteiger charge is 2.23. The number of hydrogen-bond acceptors (Lipinski definition) is 8. The maximum absolute atomic E-state index is 11.9. The third-order valence-electron chi connectivity index (χ3n) is 5.57. The Balaban J connectivity index is 0.000000147. The topological polar surface area (TPSA) is 160 Å². The average molecular weight is 519 g/mol. The number of Topliss-reactive ketones (excluding diaryl/α,β-unsaturated/α-hetero) is 2. The Labute approximate surface area is 212 Å². The Kier molecular flexibility index (Phi) is 7.30. The molecule has 0 saturated carbocycles. The van der Waals surface area contributed by atoms with E-state index in [0.29, 0.717) is 22.8 Å². The van der Waals surface area contributed by atoms with Gasteiger partial charge in [0.15, 0.2) is 11.6 Å². The molecule has 0 saturated heterocycles. The fourth-order valence-corrected chi connectivity index (χ4v) is 3.70. The summed E-state index contributed by atoms with van der Waals surface area (Å²) >= 11 is 0. The molecule has 6 rings (SSSR count). The van der Waals surface area contributed by atoms with Crippen molar-refractivity contribution in [2.24, 2.45) is 11.8 Å². The standard InChI is InChI=1S/2C13H10N2O.H2O4S/c2*1-8-6-7-11-12(13(8)16)15-10-5-3-2-4-9(10)14-11;1-5(2,3)4/h2*2-8H,1H3;(H2,1,2,3,4). The zero-order valence-corrected chi connectivity index (χ0v) is 20.6. The summed E-state index contributed by atoms with van der Waals surface area (Å²) in [6.45, 7) is 3.75. The molecule has 2 N–H and O–H groups in total. The Hall–Kier alpha value is -4.19. The van der Waals surface area contributed by atoms with Gasteiger partial charge in [-0.15, -0.1) is 0 Å². The molecule has 2 atom stereocenters. The second-order valence-electron chi connectivity index (χ2n) is 8.36. The Morgan fingerprint density at radius 3 is 1.24 bits per heavy atom. The van der Waals surface area contributed by atoms with Crippen molar-refractivity contribution in [2.75, 3.05) is 0 Å². The molecule has 0 spiro atoms. The summed E-state index contributed by atoms with van der Waals surface area (Å²) in [6, 6.07) is 15.2. The summed E-state index contributed by atoms with van der Waals surface area (Å²) in [7, 11) is -4.67. The molecule has 188 valence electrons. The second-order valence-corrected chi connectivity index (χ2v) is 9.26. The maximum atomic E-state index is 11.9. The largest absolute Gasteiger partial charge is 0.394 e. The van der Waals surface area contributed by atoms with Gasteiger partial charge in [-0.1, -0.05) is 50.3 Å². The van der Waals surface area contributed by atoms with Crippen molar-refractivity contribution in [3.63, 3.8) is 0 Å². The minimum atomic E-state index is -4.67. The van der Waals surface area contributed by atoms with Crippen LogP contribution in [0.2, 0.25) is 0 Å². The molecular weight excluding hydrogens is 496 g/mol. The Bertz CT molecular complexity index is 1580. The number of ketones is 2. The van der Waals surface area contributed by atoms with Crippen molar-refractivity contribution >= 4 is 56.2 Å². The highest BCUT2D eigenvalue weighted by atomic mass is 32.3. The van der Waals surface area contributed by atoms with Gasteiger partial charge < -0.3 is 0 Å². The number of nitrogens with zero attached hydrogens (tertiary/aromatic N) is 4. The number of carbonyl (C=O) groups is 2. The van der Waals surface area contributed by atoms with Gasteiger partial charge in [0.1, 0.15) is 11.4 Å². The number of aromatic nitrogens is 4. The third-order valence-corrected chi connectivity index (χ3v) is 5.57. The van der Waals surface area contributed by atoms with Crippen molar-refractivity contribution < 1.29 is 27.1 Å². The fourth-order valence-electron chi connectivity index (χ4n) is 3.70. The number of allylic oxidation sites excluding steroid dienone is 2. The summed E-state index contributed by atoms with van der Waals surface area (Å²) in [5.74, 6) is -0.0857. The molecule has 11 heteroatoms. The van der Waals surface area contributed by atoms with Crippen LogP contribution in [0.4, 0.5) is 0 Å². The number of hydrogen-bond donors (Lipinski definition) is 2. The molecule has 37 heavy (non-hydrogen) atoms. The molecule has 2 aromatic carbocycles. The summed E-state index contributed by atoms with van der Waals surface area (Å²) in [6.07, 6.45) is 7.49. The van der Waals surface area contributed by atoms with Gasteiger partial charge in [-0.2, -0.15) is 8.42 Å². The van der Waals surface area contributed by atoms with E-state index in [9.17, 15) is 9.59 Å². The first kappa shape index (κ1) is 25.9. The molecule has 2 heterocycles. The van der Waals surface area contributed by atoms with E-state index in [1.165, 1.54) is 0 Å². The lowest BCUT2D eigenvalue weighted by Crippen LogP contribution is -2.17. The normalized spacial score (nSPS) is 17.8. The van der Waals surface area contributed by atoms with E-state index in [4.69, 9.17) is 17.5 Å². The van der Waals surface area contributed by atoms with Crippen LogP contribution in [0.15, 0.2) is 60.7 Å². The van der Waals surface area contributed by atoms with E-state index >= 15 is 0 Å². The van der Waals surface area contributed by atoms with Gasteiger partial charge in [-0.3, -0.25) is 18.7 Å². The van der Waals surface area contributed by atoms with Gasteiger partial charge in [0.2, 0.25) is 0 Å². The first-order valence-corrected chi connectivity index (χ1v) is 12.6. The zero-order chi connectivity index (χ0) is 26.7. The predicted octanol–water partition coefficient (Wildman–Crippen LogP) is 4.30. The number of fused-ring (bicyclic) bond motifs is 4. The molecule has 0 fully saturated rings. The SMILES string of the molecule is CC1C=Cc2nc3ccccc3nc2C1=O.CC1C=Cc2nc3ccccc3nc2C1=O.O=S(=O)(O)O. The number of para-hydroxylation sites is 4. The van der Waals surface area contributed by atoms with Crippen LogP contribution in [0.25, 0.3) is 34.2 Å². The molecule has 2 unspecified atom stereocenters. The molecule has 0 bridgehead atoms. The average Bonchev–Trinajstić information content (AvgIpc) is 2.86. The van der Waals surface area contributed by atoms with Gasteiger partial charge >= 0.3 is 10.4 Å². The van der Waals surface area contributed by atoms with Gasteiger partial charge in [0.05, 0.1) is 33.5 Å². The maximum Gasteiger partial charge on any atom is 0.394 e. The molecule has 10 nitrogen and oxygen atoms in total. The smallest absolute Gasteiger partial charge is 0.292 e. The summed E-state index contributed by atoms with van der Waals surface area (Å²) in [4.78, 5) is 41.4. The molecule has 4 aromatic rings. The monoisotopic (exact) mass is 518 g/mol. The summed E-state index contributed by atoms with van der Waals surface area (Å²) < 4.78 is 31.6. The van der Waals surface area contributed by atoms with Crippen LogP contribution in [0.3, 0.4) is 0 Å². The third kappa shape index (κ3) is 6.15. The summed E-state index contributed by atoms with van der Waals surface area (Å²) in [5, 5.41) is 0. The minimum Gasteiger partial charge on any atom is -0.292 e. The van der Waals surface area contributed by atoms with Gasteiger partial charge in [0.25, 0.3) is 0 Å². The molecule has 2 aromatic heterocycles. The minimum absolute atomic E-state index is 0.0516. The van der Waals surface area contributed by atoms with Crippen molar-refractivity contribution in [1.82, 2.24) is 19.9 Å². The van der Waals surface area contributed by atoms with Crippen molar-refractivity contribution in [3.05, 3.63) is 83.5 Å². The van der Waals surface area contributed by atoms with E-state index in [1.807, 2.05) is 86.7 Å². The van der Waals surface area contributed by atoms with Crippen molar-refractivity contribution in [3.8, 4) is 0 Å². The zero-order valence-electron chi connectivity index (χ0n) is 19.8. The van der Waals surface area contributed by atoms with Crippen molar-refractivity contribution in [2.45, 2.75) is 13.8 Å². The van der Waals surface area contributed by atoms with Crippen molar-refractivity contribution in [1.29, 1.82) is 0 Å².